The number of hydrogen-bond acceptors (Lipinski definition) is 1. The molecule has 0 saturated carbocycles. The third-order valence-corrected chi connectivity index (χ3v) is 2.28. The molecule has 0 atom stereocenters. The van der Waals surface area contributed by atoms with Crippen LogP contribution in [0.5, 0.6) is 0 Å². The average molecular weight is 149 g/mol. The minimum Gasteiger partial charge on any atom is -0.342 e. The van der Waals surface area contributed by atoms with E-state index in [1.807, 2.05) is 12.1 Å². The van der Waals surface area contributed by atoms with Crippen LogP contribution in [0.25, 0.3) is 0 Å². The Morgan fingerprint density at radius 1 is 1.55 bits per heavy atom. The van der Waals surface area contributed by atoms with Gasteiger partial charge in [-0.25, -0.2) is 0 Å². The van der Waals surface area contributed by atoms with E-state index in [1.165, 1.54) is 5.69 Å². The van der Waals surface area contributed by atoms with E-state index in [9.17, 15) is 4.79 Å². The second kappa shape index (κ2) is 2.22. The number of carbonyl (C=O) groups is 1. The van der Waals surface area contributed by atoms with Crippen molar-refractivity contribution in [2.45, 2.75) is 26.3 Å². The summed E-state index contributed by atoms with van der Waals surface area (Å²) in [5, 5.41) is 0. The molecule has 0 saturated heterocycles. The van der Waals surface area contributed by atoms with Gasteiger partial charge in [0.1, 0.15) is 0 Å². The summed E-state index contributed by atoms with van der Waals surface area (Å²) in [7, 11) is 0. The van der Waals surface area contributed by atoms with Crippen molar-refractivity contribution >= 4 is 5.78 Å². The fraction of sp³-hybridized carbons (Fsp3) is 0.444. The molecule has 2 heterocycles. The van der Waals surface area contributed by atoms with Gasteiger partial charge >= 0.3 is 0 Å². The molecule has 0 spiro atoms. The molecule has 58 valence electrons. The van der Waals surface area contributed by atoms with Crippen molar-refractivity contribution in [1.82, 2.24) is 4.57 Å². The van der Waals surface area contributed by atoms with E-state index < -0.39 is 0 Å². The van der Waals surface area contributed by atoms with Crippen LogP contribution in [0.3, 0.4) is 0 Å². The molecule has 0 N–H and O–H groups in total. The molecule has 1 aromatic heterocycles. The number of rotatable bonds is 1. The Hall–Kier alpha value is -1.05. The average Bonchev–Trinajstić information content (AvgIpc) is 2.53. The summed E-state index contributed by atoms with van der Waals surface area (Å²) in [6, 6.07) is 3.99. The zero-order chi connectivity index (χ0) is 7.84. The molecule has 1 aromatic rings. The van der Waals surface area contributed by atoms with E-state index in [1.54, 1.807) is 0 Å². The maximum atomic E-state index is 11.2. The second-order valence-electron chi connectivity index (χ2n) is 2.89. The normalized spacial score (nSPS) is 15.5. The van der Waals surface area contributed by atoms with E-state index in [4.69, 9.17) is 0 Å². The maximum absolute atomic E-state index is 11.2. The molecular weight excluding hydrogens is 138 g/mol. The summed E-state index contributed by atoms with van der Waals surface area (Å²) in [6.07, 6.45) is 1.72. The van der Waals surface area contributed by atoms with E-state index in [0.29, 0.717) is 12.2 Å². The highest BCUT2D eigenvalue weighted by Gasteiger charge is 2.20. The first-order chi connectivity index (χ1) is 5.33. The summed E-state index contributed by atoms with van der Waals surface area (Å²) < 4.78 is 2.13. The molecule has 0 unspecified atom stereocenters. The fourth-order valence-corrected chi connectivity index (χ4v) is 1.67. The van der Waals surface area contributed by atoms with Crippen molar-refractivity contribution in [2.75, 3.05) is 0 Å². The lowest BCUT2D eigenvalue weighted by Crippen LogP contribution is -1.97. The van der Waals surface area contributed by atoms with Crippen molar-refractivity contribution in [2.24, 2.45) is 0 Å². The first kappa shape index (κ1) is 6.65. The van der Waals surface area contributed by atoms with Gasteiger partial charge in [0, 0.05) is 18.7 Å². The first-order valence-corrected chi connectivity index (χ1v) is 4.04. The Kier molecular flexibility index (Phi) is 1.34. The molecule has 0 aromatic carbocycles. The van der Waals surface area contributed by atoms with Crippen LogP contribution in [0.1, 0.15) is 29.5 Å². The smallest absolute Gasteiger partial charge is 0.180 e. The SMILES string of the molecule is CCc1ccc2n1CCC2=O. The highest BCUT2D eigenvalue weighted by Crippen LogP contribution is 2.18. The molecule has 1 aliphatic heterocycles. The van der Waals surface area contributed by atoms with Gasteiger partial charge in [0.15, 0.2) is 5.78 Å². The molecule has 0 bridgehead atoms. The summed E-state index contributed by atoms with van der Waals surface area (Å²) in [5.74, 6) is 0.296. The van der Waals surface area contributed by atoms with Crippen LogP contribution in [0.2, 0.25) is 0 Å². The number of ketones is 1. The van der Waals surface area contributed by atoms with Gasteiger partial charge in [-0.2, -0.15) is 0 Å². The van der Waals surface area contributed by atoms with Crippen molar-refractivity contribution in [3.05, 3.63) is 23.5 Å². The van der Waals surface area contributed by atoms with Gasteiger partial charge in [-0.05, 0) is 18.6 Å². The fourth-order valence-electron chi connectivity index (χ4n) is 1.67. The van der Waals surface area contributed by atoms with Gasteiger partial charge in [0.05, 0.1) is 5.69 Å². The lowest BCUT2D eigenvalue weighted by molar-refractivity contribution is 0.0994. The molecule has 2 heteroatoms. The number of fused-ring (bicyclic) bond motifs is 1. The van der Waals surface area contributed by atoms with E-state index in [2.05, 4.69) is 11.5 Å². The number of nitrogens with zero attached hydrogens (tertiary/aromatic N) is 1. The standard InChI is InChI=1S/C9H11NO/c1-2-7-3-4-8-9(11)5-6-10(7)8/h3-4H,2,5-6H2,1H3. The Balaban J connectivity index is 2.52. The van der Waals surface area contributed by atoms with Gasteiger partial charge in [0.25, 0.3) is 0 Å². The summed E-state index contributed by atoms with van der Waals surface area (Å²) >= 11 is 0. The van der Waals surface area contributed by atoms with Crippen molar-refractivity contribution in [3.63, 3.8) is 0 Å². The lowest BCUT2D eigenvalue weighted by Gasteiger charge is -2.00. The Morgan fingerprint density at radius 3 is 3.09 bits per heavy atom. The van der Waals surface area contributed by atoms with Crippen molar-refractivity contribution in [3.8, 4) is 0 Å². The van der Waals surface area contributed by atoms with Crippen molar-refractivity contribution in [1.29, 1.82) is 0 Å². The van der Waals surface area contributed by atoms with Crippen LogP contribution in [0, 0.1) is 0 Å². The number of aryl methyl sites for hydroxylation is 1. The number of carbonyl (C=O) groups excluding carboxylic acids is 1. The highest BCUT2D eigenvalue weighted by molar-refractivity contribution is 5.96. The summed E-state index contributed by atoms with van der Waals surface area (Å²) in [4.78, 5) is 11.2. The monoisotopic (exact) mass is 149 g/mol. The minimum absolute atomic E-state index is 0.296. The lowest BCUT2D eigenvalue weighted by atomic mass is 10.2. The summed E-state index contributed by atoms with van der Waals surface area (Å²) in [5.41, 5.74) is 2.19. The predicted molar refractivity (Wildman–Crippen MR) is 42.8 cm³/mol. The second-order valence-corrected chi connectivity index (χ2v) is 2.89. The topological polar surface area (TPSA) is 22.0 Å². The van der Waals surface area contributed by atoms with Crippen LogP contribution in [0.15, 0.2) is 12.1 Å². The molecule has 1 aliphatic rings. The Labute approximate surface area is 65.8 Å². The number of Topliss-reactive ketones (excluding diaryl/α,β-unsaturated/α-hetero) is 1. The third-order valence-electron chi connectivity index (χ3n) is 2.28. The van der Waals surface area contributed by atoms with Crippen LogP contribution in [-0.2, 0) is 13.0 Å². The molecule has 11 heavy (non-hydrogen) atoms. The van der Waals surface area contributed by atoms with E-state index >= 15 is 0 Å². The van der Waals surface area contributed by atoms with Gasteiger partial charge in [-0.3, -0.25) is 4.79 Å². The molecule has 0 fully saturated rings. The highest BCUT2D eigenvalue weighted by atomic mass is 16.1. The van der Waals surface area contributed by atoms with Gasteiger partial charge in [-0.1, -0.05) is 6.92 Å². The van der Waals surface area contributed by atoms with Gasteiger partial charge in [0.2, 0.25) is 0 Å². The number of hydrogen-bond donors (Lipinski definition) is 0. The van der Waals surface area contributed by atoms with Crippen LogP contribution in [-0.4, -0.2) is 10.4 Å². The maximum Gasteiger partial charge on any atom is 0.180 e. The molecule has 2 rings (SSSR count). The Morgan fingerprint density at radius 2 is 2.36 bits per heavy atom. The van der Waals surface area contributed by atoms with Crippen molar-refractivity contribution < 1.29 is 4.79 Å². The van der Waals surface area contributed by atoms with Crippen LogP contribution >= 0.6 is 0 Å². The molecule has 2 nitrogen and oxygen atoms in total. The minimum atomic E-state index is 0.296. The van der Waals surface area contributed by atoms with E-state index in [0.717, 1.165) is 18.7 Å². The molecule has 0 amide bonds. The quantitative estimate of drug-likeness (QED) is 0.595. The summed E-state index contributed by atoms with van der Waals surface area (Å²) in [6.45, 7) is 3.01. The zero-order valence-electron chi connectivity index (χ0n) is 6.63. The largest absolute Gasteiger partial charge is 0.342 e. The van der Waals surface area contributed by atoms with Crippen LogP contribution in [0.4, 0.5) is 0 Å². The zero-order valence-corrected chi connectivity index (χ0v) is 6.63. The molecule has 0 radical (unpaired) electrons. The van der Waals surface area contributed by atoms with Gasteiger partial charge < -0.3 is 4.57 Å². The third kappa shape index (κ3) is 0.821. The van der Waals surface area contributed by atoms with Crippen LogP contribution < -0.4 is 0 Å². The number of aromatic nitrogens is 1. The Bertz CT molecular complexity index is 299. The first-order valence-electron chi connectivity index (χ1n) is 4.04. The molecule has 0 aliphatic carbocycles. The van der Waals surface area contributed by atoms with Gasteiger partial charge in [-0.15, -0.1) is 0 Å². The predicted octanol–water partition coefficient (Wildman–Crippen LogP) is 1.64. The van der Waals surface area contributed by atoms with E-state index in [-0.39, 0.29) is 0 Å². The molecular formula is C9H11NO.